The van der Waals surface area contributed by atoms with Gasteiger partial charge in [-0.05, 0) is 35.8 Å². The molecule has 1 aromatic rings. The number of nitrogens with zero attached hydrogens (tertiary/aromatic N) is 1. The van der Waals surface area contributed by atoms with Crippen molar-refractivity contribution in [2.45, 2.75) is 31.6 Å². The number of hydrogen-bond acceptors (Lipinski definition) is 3. The van der Waals surface area contributed by atoms with E-state index < -0.39 is 0 Å². The van der Waals surface area contributed by atoms with E-state index in [9.17, 15) is 0 Å². The zero-order valence-electron chi connectivity index (χ0n) is 11.5. The highest BCUT2D eigenvalue weighted by Gasteiger charge is 1.97. The SMILES string of the molecule is CC(C)CCSc1ccc(CC=NNC(=N)N)cc1. The summed E-state index contributed by atoms with van der Waals surface area (Å²) in [4.78, 5) is 1.31. The minimum Gasteiger partial charge on any atom is -0.369 e. The fourth-order valence-corrected chi connectivity index (χ4v) is 2.55. The monoisotopic (exact) mass is 278 g/mol. The van der Waals surface area contributed by atoms with Crippen LogP contribution in [0.15, 0.2) is 34.3 Å². The molecule has 0 unspecified atom stereocenters. The van der Waals surface area contributed by atoms with Gasteiger partial charge in [0, 0.05) is 17.5 Å². The molecule has 0 aliphatic rings. The van der Waals surface area contributed by atoms with Crippen LogP contribution in [0.4, 0.5) is 0 Å². The Bertz CT molecular complexity index is 412. The summed E-state index contributed by atoms with van der Waals surface area (Å²) in [5, 5.41) is 10.8. The number of hydrogen-bond donors (Lipinski definition) is 3. The van der Waals surface area contributed by atoms with Crippen molar-refractivity contribution in [3.63, 3.8) is 0 Å². The van der Waals surface area contributed by atoms with Crippen molar-refractivity contribution in [2.24, 2.45) is 16.8 Å². The van der Waals surface area contributed by atoms with E-state index in [1.54, 1.807) is 6.21 Å². The molecule has 0 saturated heterocycles. The van der Waals surface area contributed by atoms with Gasteiger partial charge in [-0.1, -0.05) is 26.0 Å². The van der Waals surface area contributed by atoms with Gasteiger partial charge in [0.1, 0.15) is 0 Å². The number of benzene rings is 1. The summed E-state index contributed by atoms with van der Waals surface area (Å²) in [5.41, 5.74) is 8.70. The highest BCUT2D eigenvalue weighted by molar-refractivity contribution is 7.99. The third kappa shape index (κ3) is 7.51. The molecule has 0 heterocycles. The highest BCUT2D eigenvalue weighted by atomic mass is 32.2. The van der Waals surface area contributed by atoms with Gasteiger partial charge in [0.25, 0.3) is 0 Å². The normalized spacial score (nSPS) is 11.1. The summed E-state index contributed by atoms with van der Waals surface area (Å²) < 4.78 is 0. The molecule has 0 spiro atoms. The van der Waals surface area contributed by atoms with Crippen molar-refractivity contribution in [3.8, 4) is 0 Å². The number of nitrogens with one attached hydrogen (secondary N) is 2. The molecule has 4 N–H and O–H groups in total. The number of nitrogens with two attached hydrogens (primary N) is 1. The van der Waals surface area contributed by atoms with Gasteiger partial charge in [-0.3, -0.25) is 5.41 Å². The largest absolute Gasteiger partial charge is 0.369 e. The molecule has 5 heteroatoms. The molecule has 0 radical (unpaired) electrons. The molecule has 0 atom stereocenters. The van der Waals surface area contributed by atoms with Gasteiger partial charge >= 0.3 is 0 Å². The van der Waals surface area contributed by atoms with Gasteiger partial charge < -0.3 is 5.73 Å². The number of hydrazone groups is 1. The van der Waals surface area contributed by atoms with Crippen molar-refractivity contribution < 1.29 is 0 Å². The molecule has 1 rings (SSSR count). The minimum absolute atomic E-state index is 0.145. The quantitative estimate of drug-likeness (QED) is 0.311. The van der Waals surface area contributed by atoms with Crippen molar-refractivity contribution in [2.75, 3.05) is 5.75 Å². The standard InChI is InChI=1S/C14H22N4S/c1-11(2)8-10-19-13-5-3-12(4-6-13)7-9-17-18-14(15)16/h3-6,9,11H,7-8,10H2,1-2H3,(H4,15,16,18). The number of guanidine groups is 1. The summed E-state index contributed by atoms with van der Waals surface area (Å²) >= 11 is 1.90. The highest BCUT2D eigenvalue weighted by Crippen LogP contribution is 2.20. The maximum absolute atomic E-state index is 6.95. The molecule has 1 aromatic carbocycles. The van der Waals surface area contributed by atoms with Crippen LogP contribution in [0.25, 0.3) is 0 Å². The fourth-order valence-electron chi connectivity index (χ4n) is 1.40. The lowest BCUT2D eigenvalue weighted by Crippen LogP contribution is -2.25. The first-order valence-electron chi connectivity index (χ1n) is 6.41. The van der Waals surface area contributed by atoms with E-state index in [0.717, 1.165) is 12.3 Å². The van der Waals surface area contributed by atoms with Crippen LogP contribution in [-0.4, -0.2) is 17.9 Å². The van der Waals surface area contributed by atoms with Gasteiger partial charge in [0.05, 0.1) is 0 Å². The topological polar surface area (TPSA) is 74.3 Å². The smallest absolute Gasteiger partial charge is 0.206 e. The lowest BCUT2D eigenvalue weighted by molar-refractivity contribution is 0.632. The second-order valence-corrected chi connectivity index (χ2v) is 5.88. The van der Waals surface area contributed by atoms with E-state index in [-0.39, 0.29) is 5.96 Å². The van der Waals surface area contributed by atoms with Crippen LogP contribution in [0.5, 0.6) is 0 Å². The first kappa shape index (κ1) is 15.6. The third-order valence-corrected chi connectivity index (χ3v) is 3.54. The Morgan fingerprint density at radius 3 is 2.68 bits per heavy atom. The molecule has 4 nitrogen and oxygen atoms in total. The predicted octanol–water partition coefficient (Wildman–Crippen LogP) is 2.84. The lowest BCUT2D eigenvalue weighted by Gasteiger charge is -2.05. The Morgan fingerprint density at radius 2 is 2.11 bits per heavy atom. The number of thioether (sulfide) groups is 1. The van der Waals surface area contributed by atoms with E-state index in [4.69, 9.17) is 11.1 Å². The second-order valence-electron chi connectivity index (χ2n) is 4.72. The van der Waals surface area contributed by atoms with Crippen LogP contribution >= 0.6 is 11.8 Å². The van der Waals surface area contributed by atoms with Gasteiger partial charge in [-0.25, -0.2) is 5.43 Å². The Balaban J connectivity index is 2.34. The molecule has 0 amide bonds. The summed E-state index contributed by atoms with van der Waals surface area (Å²) in [6.07, 6.45) is 3.69. The fraction of sp³-hybridized carbons (Fsp3) is 0.429. The van der Waals surface area contributed by atoms with Crippen LogP contribution < -0.4 is 11.2 Å². The average molecular weight is 278 g/mol. The first-order valence-corrected chi connectivity index (χ1v) is 7.39. The summed E-state index contributed by atoms with van der Waals surface area (Å²) in [6, 6.07) is 8.51. The van der Waals surface area contributed by atoms with E-state index in [2.05, 4.69) is 48.6 Å². The molecule has 19 heavy (non-hydrogen) atoms. The van der Waals surface area contributed by atoms with Gasteiger partial charge in [0.15, 0.2) is 0 Å². The lowest BCUT2D eigenvalue weighted by atomic mass is 10.2. The molecule has 0 fully saturated rings. The van der Waals surface area contributed by atoms with Gasteiger partial charge in [0.2, 0.25) is 5.96 Å². The van der Waals surface area contributed by atoms with Crippen molar-refractivity contribution >= 4 is 23.9 Å². The molecule has 104 valence electrons. The zero-order chi connectivity index (χ0) is 14.1. The van der Waals surface area contributed by atoms with Gasteiger partial charge in [-0.2, -0.15) is 5.10 Å². The Hall–Kier alpha value is -1.49. The minimum atomic E-state index is -0.145. The summed E-state index contributed by atoms with van der Waals surface area (Å²) in [6.45, 7) is 4.50. The zero-order valence-corrected chi connectivity index (χ0v) is 12.3. The van der Waals surface area contributed by atoms with E-state index >= 15 is 0 Å². The number of rotatable bonds is 7. The molecule has 0 aliphatic carbocycles. The van der Waals surface area contributed by atoms with E-state index in [1.165, 1.54) is 22.6 Å². The van der Waals surface area contributed by atoms with Crippen molar-refractivity contribution in [3.05, 3.63) is 29.8 Å². The third-order valence-electron chi connectivity index (χ3n) is 2.49. The molecule has 0 saturated carbocycles. The Labute approximate surface area is 119 Å². The maximum atomic E-state index is 6.95. The van der Waals surface area contributed by atoms with Crippen molar-refractivity contribution in [1.82, 2.24) is 5.43 Å². The second kappa shape index (κ2) is 8.58. The first-order chi connectivity index (χ1) is 9.08. The van der Waals surface area contributed by atoms with E-state index in [0.29, 0.717) is 0 Å². The van der Waals surface area contributed by atoms with Gasteiger partial charge in [-0.15, -0.1) is 11.8 Å². The van der Waals surface area contributed by atoms with Crippen LogP contribution in [-0.2, 0) is 6.42 Å². The molecular weight excluding hydrogens is 256 g/mol. The summed E-state index contributed by atoms with van der Waals surface area (Å²) in [5.74, 6) is 1.78. The predicted molar refractivity (Wildman–Crippen MR) is 83.9 cm³/mol. The van der Waals surface area contributed by atoms with Crippen LogP contribution in [0.2, 0.25) is 0 Å². The van der Waals surface area contributed by atoms with Crippen LogP contribution in [0, 0.1) is 11.3 Å². The van der Waals surface area contributed by atoms with Crippen LogP contribution in [0.3, 0.4) is 0 Å². The van der Waals surface area contributed by atoms with Crippen molar-refractivity contribution in [1.29, 1.82) is 5.41 Å². The Morgan fingerprint density at radius 1 is 1.42 bits per heavy atom. The average Bonchev–Trinajstić information content (AvgIpc) is 2.36. The maximum Gasteiger partial charge on any atom is 0.206 e. The Kier molecular flexibility index (Phi) is 7.03. The van der Waals surface area contributed by atoms with Crippen LogP contribution in [0.1, 0.15) is 25.8 Å². The molecule has 0 aliphatic heterocycles. The molecular formula is C14H22N4S. The molecule has 0 bridgehead atoms. The van der Waals surface area contributed by atoms with E-state index in [1.807, 2.05) is 11.8 Å². The summed E-state index contributed by atoms with van der Waals surface area (Å²) in [7, 11) is 0. The molecule has 0 aromatic heterocycles.